The molecule has 100 valence electrons. The van der Waals surface area contributed by atoms with Crippen molar-refractivity contribution in [1.29, 1.82) is 0 Å². The summed E-state index contributed by atoms with van der Waals surface area (Å²) >= 11 is 0. The number of ketones is 1. The van der Waals surface area contributed by atoms with Crippen molar-refractivity contribution >= 4 is 5.78 Å². The van der Waals surface area contributed by atoms with Crippen molar-refractivity contribution in [3.8, 4) is 0 Å². The van der Waals surface area contributed by atoms with Crippen LogP contribution in [0.4, 0.5) is 0 Å². The van der Waals surface area contributed by atoms with Crippen LogP contribution in [0.25, 0.3) is 0 Å². The van der Waals surface area contributed by atoms with Crippen LogP contribution in [0, 0.1) is 0 Å². The zero-order valence-corrected chi connectivity index (χ0v) is 11.2. The normalized spacial score (nSPS) is 13.0. The minimum Gasteiger partial charge on any atom is -0.478 e. The Hall–Kier alpha value is -2.61. The SMILES string of the molecule is C=COC(C=C)(C(=O)c1ccccc1)c1ccccc1. The van der Waals surface area contributed by atoms with E-state index in [0.717, 1.165) is 5.56 Å². The van der Waals surface area contributed by atoms with Gasteiger partial charge in [-0.2, -0.15) is 0 Å². The lowest BCUT2D eigenvalue weighted by Gasteiger charge is -2.28. The van der Waals surface area contributed by atoms with Crippen molar-refractivity contribution in [2.75, 3.05) is 0 Å². The van der Waals surface area contributed by atoms with Gasteiger partial charge in [-0.15, -0.1) is 0 Å². The number of hydrogen-bond donors (Lipinski definition) is 0. The third-order valence-electron chi connectivity index (χ3n) is 3.13. The summed E-state index contributed by atoms with van der Waals surface area (Å²) in [6, 6.07) is 18.3. The fraction of sp³-hybridized carbons (Fsp3) is 0.0556. The Morgan fingerprint density at radius 2 is 1.50 bits per heavy atom. The molecule has 1 atom stereocenters. The van der Waals surface area contributed by atoms with Crippen LogP contribution in [0.5, 0.6) is 0 Å². The summed E-state index contributed by atoms with van der Waals surface area (Å²) in [5.41, 5.74) is 0.0477. The summed E-state index contributed by atoms with van der Waals surface area (Å²) in [6.45, 7) is 7.35. The molecule has 0 aliphatic heterocycles. The number of carbonyl (C=O) groups excluding carboxylic acids is 1. The van der Waals surface area contributed by atoms with Gasteiger partial charge in [0.2, 0.25) is 11.4 Å². The molecule has 0 amide bonds. The molecule has 0 aliphatic rings. The predicted molar refractivity (Wildman–Crippen MR) is 80.4 cm³/mol. The molecule has 0 saturated carbocycles. The molecule has 0 aromatic heterocycles. The number of Topliss-reactive ketones (excluding diaryl/α,β-unsaturated/α-hetero) is 1. The van der Waals surface area contributed by atoms with Gasteiger partial charge in [0.1, 0.15) is 0 Å². The second-order valence-corrected chi connectivity index (χ2v) is 4.29. The van der Waals surface area contributed by atoms with Crippen LogP contribution in [0.1, 0.15) is 15.9 Å². The molecule has 0 saturated heterocycles. The Balaban J connectivity index is 2.55. The summed E-state index contributed by atoms with van der Waals surface area (Å²) < 4.78 is 5.58. The highest BCUT2D eigenvalue weighted by Gasteiger charge is 2.39. The van der Waals surface area contributed by atoms with E-state index in [1.165, 1.54) is 12.3 Å². The van der Waals surface area contributed by atoms with Gasteiger partial charge in [-0.1, -0.05) is 73.8 Å². The number of rotatable bonds is 6. The predicted octanol–water partition coefficient (Wildman–Crippen LogP) is 4.11. The first-order chi connectivity index (χ1) is 9.74. The van der Waals surface area contributed by atoms with Gasteiger partial charge in [0.05, 0.1) is 6.26 Å². The summed E-state index contributed by atoms with van der Waals surface area (Å²) in [4.78, 5) is 12.8. The van der Waals surface area contributed by atoms with E-state index < -0.39 is 5.60 Å². The van der Waals surface area contributed by atoms with Crippen LogP contribution in [0.2, 0.25) is 0 Å². The average molecular weight is 264 g/mol. The highest BCUT2D eigenvalue weighted by atomic mass is 16.5. The minimum atomic E-state index is -1.25. The van der Waals surface area contributed by atoms with Gasteiger partial charge in [0, 0.05) is 11.1 Å². The van der Waals surface area contributed by atoms with E-state index in [2.05, 4.69) is 13.2 Å². The molecule has 2 aromatic carbocycles. The van der Waals surface area contributed by atoms with Crippen molar-refractivity contribution in [1.82, 2.24) is 0 Å². The van der Waals surface area contributed by atoms with Gasteiger partial charge in [0.15, 0.2) is 0 Å². The minimum absolute atomic E-state index is 0.167. The van der Waals surface area contributed by atoms with E-state index >= 15 is 0 Å². The Kier molecular flexibility index (Phi) is 4.16. The maximum atomic E-state index is 12.8. The number of hydrogen-bond acceptors (Lipinski definition) is 2. The van der Waals surface area contributed by atoms with Crippen molar-refractivity contribution in [2.45, 2.75) is 5.60 Å². The lowest BCUT2D eigenvalue weighted by molar-refractivity contribution is 0.0443. The van der Waals surface area contributed by atoms with Gasteiger partial charge < -0.3 is 4.74 Å². The fourth-order valence-corrected chi connectivity index (χ4v) is 2.13. The molecule has 0 aliphatic carbocycles. The summed E-state index contributed by atoms with van der Waals surface area (Å²) in [7, 11) is 0. The summed E-state index contributed by atoms with van der Waals surface area (Å²) in [5.74, 6) is -0.167. The van der Waals surface area contributed by atoms with E-state index in [-0.39, 0.29) is 5.78 Å². The van der Waals surface area contributed by atoms with E-state index in [4.69, 9.17) is 4.74 Å². The third kappa shape index (κ3) is 2.41. The van der Waals surface area contributed by atoms with Crippen LogP contribution in [-0.4, -0.2) is 5.78 Å². The van der Waals surface area contributed by atoms with Crippen molar-refractivity contribution in [3.05, 3.63) is 97.3 Å². The second kappa shape index (κ2) is 6.02. The van der Waals surface area contributed by atoms with Gasteiger partial charge in [-0.3, -0.25) is 4.79 Å². The maximum Gasteiger partial charge on any atom is 0.214 e. The first-order valence-electron chi connectivity index (χ1n) is 6.32. The van der Waals surface area contributed by atoms with E-state index in [1.807, 2.05) is 48.5 Å². The van der Waals surface area contributed by atoms with Gasteiger partial charge in [-0.25, -0.2) is 0 Å². The number of benzene rings is 2. The Bertz CT molecular complexity index is 602. The second-order valence-electron chi connectivity index (χ2n) is 4.29. The molecule has 0 heterocycles. The topological polar surface area (TPSA) is 26.3 Å². The largest absolute Gasteiger partial charge is 0.478 e. The third-order valence-corrected chi connectivity index (χ3v) is 3.13. The molecule has 1 unspecified atom stereocenters. The number of carbonyl (C=O) groups is 1. The molecule has 2 rings (SSSR count). The monoisotopic (exact) mass is 264 g/mol. The molecule has 2 heteroatoms. The van der Waals surface area contributed by atoms with E-state index in [9.17, 15) is 4.79 Å². The molecular formula is C18H16O2. The highest BCUT2D eigenvalue weighted by molar-refractivity contribution is 6.04. The number of ether oxygens (including phenoxy) is 1. The molecule has 2 nitrogen and oxygen atoms in total. The smallest absolute Gasteiger partial charge is 0.214 e. The van der Waals surface area contributed by atoms with Gasteiger partial charge in [0.25, 0.3) is 0 Å². The summed E-state index contributed by atoms with van der Waals surface area (Å²) in [6.07, 6.45) is 2.79. The first kappa shape index (κ1) is 13.8. The van der Waals surface area contributed by atoms with Crippen LogP contribution in [0.15, 0.2) is 86.2 Å². The zero-order valence-electron chi connectivity index (χ0n) is 11.2. The molecule has 20 heavy (non-hydrogen) atoms. The van der Waals surface area contributed by atoms with Crippen LogP contribution >= 0.6 is 0 Å². The molecule has 0 N–H and O–H groups in total. The molecule has 2 aromatic rings. The highest BCUT2D eigenvalue weighted by Crippen LogP contribution is 2.31. The zero-order chi connectivity index (χ0) is 14.4. The van der Waals surface area contributed by atoms with Crippen molar-refractivity contribution in [2.24, 2.45) is 0 Å². The molecule has 0 radical (unpaired) electrons. The Morgan fingerprint density at radius 3 is 2.00 bits per heavy atom. The fourth-order valence-electron chi connectivity index (χ4n) is 2.13. The Morgan fingerprint density at radius 1 is 0.950 bits per heavy atom. The molecular weight excluding hydrogens is 248 g/mol. The summed E-state index contributed by atoms with van der Waals surface area (Å²) in [5, 5.41) is 0. The van der Waals surface area contributed by atoms with Crippen LogP contribution in [0.3, 0.4) is 0 Å². The lowest BCUT2D eigenvalue weighted by Crippen LogP contribution is -2.35. The van der Waals surface area contributed by atoms with E-state index in [1.54, 1.807) is 12.1 Å². The average Bonchev–Trinajstić information content (AvgIpc) is 2.54. The van der Waals surface area contributed by atoms with Crippen molar-refractivity contribution < 1.29 is 9.53 Å². The quantitative estimate of drug-likeness (QED) is 0.446. The Labute approximate surface area is 119 Å². The van der Waals surface area contributed by atoms with Crippen LogP contribution in [-0.2, 0) is 10.3 Å². The van der Waals surface area contributed by atoms with Gasteiger partial charge >= 0.3 is 0 Å². The molecule has 0 spiro atoms. The van der Waals surface area contributed by atoms with E-state index in [0.29, 0.717) is 5.56 Å². The molecule has 0 bridgehead atoms. The lowest BCUT2D eigenvalue weighted by atomic mass is 9.85. The van der Waals surface area contributed by atoms with Gasteiger partial charge in [-0.05, 0) is 6.08 Å². The molecule has 0 fully saturated rings. The van der Waals surface area contributed by atoms with Crippen LogP contribution < -0.4 is 0 Å². The first-order valence-corrected chi connectivity index (χ1v) is 6.32. The van der Waals surface area contributed by atoms with Crippen molar-refractivity contribution in [3.63, 3.8) is 0 Å². The standard InChI is InChI=1S/C18H16O2/c1-3-18(20-4-2,16-13-9-6-10-14-16)17(19)15-11-7-5-8-12-15/h3-14H,1-2H2. The maximum absolute atomic E-state index is 12.8.